The van der Waals surface area contributed by atoms with Gasteiger partial charge in [0.15, 0.2) is 0 Å². The van der Waals surface area contributed by atoms with Crippen LogP contribution in [0.2, 0.25) is 0 Å². The zero-order valence-corrected chi connectivity index (χ0v) is 8.15. The molecule has 0 saturated heterocycles. The first-order valence-electron chi connectivity index (χ1n) is 3.91. The van der Waals surface area contributed by atoms with Gasteiger partial charge in [0.05, 0.1) is 7.05 Å². The minimum atomic E-state index is -2.10. The van der Waals surface area contributed by atoms with Gasteiger partial charge in [0, 0.05) is 0 Å². The summed E-state index contributed by atoms with van der Waals surface area (Å²) in [7, 11) is 0.604. The smallest absolute Gasteiger partial charge is 0.481 e. The quantitative estimate of drug-likeness (QED) is 0.486. The van der Waals surface area contributed by atoms with E-state index in [0.29, 0.717) is 7.05 Å². The summed E-state index contributed by atoms with van der Waals surface area (Å²) in [5, 5.41) is 34.4. The number of nitrogens with zero attached hydrogens (tertiary/aromatic N) is 1. The molecule has 9 heteroatoms. The van der Waals surface area contributed by atoms with Crippen molar-refractivity contribution in [1.82, 2.24) is 0 Å². The van der Waals surface area contributed by atoms with Crippen LogP contribution in [0.3, 0.4) is 0 Å². The Hall–Kier alpha value is -2.16. The van der Waals surface area contributed by atoms with Crippen LogP contribution in [0, 0.1) is 0 Å². The summed E-state index contributed by atoms with van der Waals surface area (Å²) in [4.78, 5) is 42.5. The lowest BCUT2D eigenvalue weighted by Crippen LogP contribution is -2.62. The van der Waals surface area contributed by atoms with Crippen molar-refractivity contribution in [3.63, 3.8) is 0 Å². The second-order valence-corrected chi connectivity index (χ2v) is 3.09. The first kappa shape index (κ1) is 13.8. The lowest BCUT2D eigenvalue weighted by Gasteiger charge is -2.26. The third-order valence-electron chi connectivity index (χ3n) is 2.07. The Morgan fingerprint density at radius 3 is 1.56 bits per heavy atom. The van der Waals surface area contributed by atoms with Crippen LogP contribution in [0.5, 0.6) is 0 Å². The zero-order chi connectivity index (χ0) is 13.1. The minimum absolute atomic E-state index is 0.604. The molecule has 0 aromatic rings. The molecule has 1 unspecified atom stereocenters. The van der Waals surface area contributed by atoms with Crippen molar-refractivity contribution in [2.24, 2.45) is 0 Å². The standard InChI is InChI=1S/C7H9NO8/c1-8(6(13)14,7(15)16)3(5(11)12)2-4(9)10/h3H,2H2,1H3,(H3-,9,10,11,12,13,14,15,16)/p+1. The molecule has 4 N–H and O–H groups in total. The predicted octanol–water partition coefficient (Wildman–Crippen LogP) is -0.283. The molecule has 0 fully saturated rings. The molecule has 0 aromatic carbocycles. The average Bonchev–Trinajstić information content (AvgIpc) is 2.11. The molecule has 0 aliphatic rings. The number of carbonyl (C=O) groups is 4. The molecular weight excluding hydrogens is 226 g/mol. The van der Waals surface area contributed by atoms with E-state index in [9.17, 15) is 19.2 Å². The van der Waals surface area contributed by atoms with Crippen LogP contribution in [0.15, 0.2) is 0 Å². The van der Waals surface area contributed by atoms with Crippen molar-refractivity contribution in [2.75, 3.05) is 7.05 Å². The fraction of sp³-hybridized carbons (Fsp3) is 0.429. The predicted molar refractivity (Wildman–Crippen MR) is 45.9 cm³/mol. The van der Waals surface area contributed by atoms with E-state index >= 15 is 0 Å². The van der Waals surface area contributed by atoms with E-state index in [4.69, 9.17) is 20.4 Å². The molecule has 0 aliphatic heterocycles. The Kier molecular flexibility index (Phi) is 3.96. The average molecular weight is 236 g/mol. The van der Waals surface area contributed by atoms with Gasteiger partial charge in [-0.1, -0.05) is 0 Å². The molecule has 0 rings (SSSR count). The molecule has 1 atom stereocenters. The first-order chi connectivity index (χ1) is 7.13. The Balaban J connectivity index is 5.44. The monoisotopic (exact) mass is 236 g/mol. The van der Waals surface area contributed by atoms with Gasteiger partial charge in [-0.2, -0.15) is 9.59 Å². The number of hydrogen-bond donors (Lipinski definition) is 4. The molecule has 0 aliphatic carbocycles. The molecule has 2 amide bonds. The van der Waals surface area contributed by atoms with Gasteiger partial charge in [-0.05, 0) is 0 Å². The highest BCUT2D eigenvalue weighted by molar-refractivity contribution is 5.85. The number of imide groups is 1. The van der Waals surface area contributed by atoms with Crippen molar-refractivity contribution in [2.45, 2.75) is 12.5 Å². The van der Waals surface area contributed by atoms with Gasteiger partial charge >= 0.3 is 24.1 Å². The van der Waals surface area contributed by atoms with Crippen molar-refractivity contribution in [3.05, 3.63) is 0 Å². The zero-order valence-electron chi connectivity index (χ0n) is 8.15. The van der Waals surface area contributed by atoms with Crippen molar-refractivity contribution >= 4 is 24.1 Å². The number of carboxylic acids is 2. The summed E-state index contributed by atoms with van der Waals surface area (Å²) in [6, 6.07) is -2.10. The maximum absolute atomic E-state index is 10.7. The lowest BCUT2D eigenvalue weighted by atomic mass is 10.1. The van der Waals surface area contributed by atoms with E-state index in [2.05, 4.69) is 0 Å². The van der Waals surface area contributed by atoms with Crippen molar-refractivity contribution in [3.8, 4) is 0 Å². The van der Waals surface area contributed by atoms with E-state index in [-0.39, 0.29) is 0 Å². The van der Waals surface area contributed by atoms with Crippen LogP contribution in [0.4, 0.5) is 9.59 Å². The number of amides is 2. The summed E-state index contributed by atoms with van der Waals surface area (Å²) in [5.74, 6) is -3.41. The van der Waals surface area contributed by atoms with E-state index < -0.39 is 41.1 Å². The van der Waals surface area contributed by atoms with Crippen LogP contribution in [-0.2, 0) is 9.59 Å². The SMILES string of the molecule is C[N+](C(=O)O)(C(=O)O)C(CC(=O)O)C(=O)O. The van der Waals surface area contributed by atoms with Crippen LogP contribution in [0.1, 0.15) is 6.42 Å². The number of likely N-dealkylation sites (N-methyl/N-ethyl adjacent to an activating group) is 1. The van der Waals surface area contributed by atoms with Gasteiger partial charge in [-0.25, -0.2) is 4.79 Å². The summed E-state index contributed by atoms with van der Waals surface area (Å²) >= 11 is 0. The van der Waals surface area contributed by atoms with Crippen LogP contribution in [0.25, 0.3) is 0 Å². The molecule has 0 radical (unpaired) electrons. The Morgan fingerprint density at radius 2 is 1.38 bits per heavy atom. The van der Waals surface area contributed by atoms with Crippen LogP contribution >= 0.6 is 0 Å². The number of hydrogen-bond acceptors (Lipinski definition) is 4. The lowest BCUT2D eigenvalue weighted by molar-refractivity contribution is -0.781. The summed E-state index contributed by atoms with van der Waals surface area (Å²) in [6.07, 6.45) is -5.02. The van der Waals surface area contributed by atoms with Crippen molar-refractivity contribution in [1.29, 1.82) is 0 Å². The summed E-state index contributed by atoms with van der Waals surface area (Å²) in [5.41, 5.74) is 0. The normalized spacial score (nSPS) is 12.8. The number of carboxylic acid groups (broad SMARTS) is 4. The second kappa shape index (κ2) is 4.57. The highest BCUT2D eigenvalue weighted by atomic mass is 16.5. The van der Waals surface area contributed by atoms with Gasteiger partial charge in [-0.15, -0.1) is 4.48 Å². The fourth-order valence-electron chi connectivity index (χ4n) is 1.00. The third-order valence-corrected chi connectivity index (χ3v) is 2.07. The van der Waals surface area contributed by atoms with E-state index in [1.807, 2.05) is 0 Å². The molecule has 16 heavy (non-hydrogen) atoms. The largest absolute Gasteiger partial charge is 0.524 e. The maximum Gasteiger partial charge on any atom is 0.524 e. The molecule has 0 aromatic heterocycles. The van der Waals surface area contributed by atoms with E-state index in [1.54, 1.807) is 0 Å². The highest BCUT2D eigenvalue weighted by Crippen LogP contribution is 2.16. The molecule has 0 bridgehead atoms. The highest BCUT2D eigenvalue weighted by Gasteiger charge is 2.53. The van der Waals surface area contributed by atoms with Crippen LogP contribution in [-0.4, -0.2) is 62.1 Å². The Labute approximate surface area is 88.7 Å². The second-order valence-electron chi connectivity index (χ2n) is 3.09. The van der Waals surface area contributed by atoms with E-state index in [0.717, 1.165) is 0 Å². The van der Waals surface area contributed by atoms with Crippen LogP contribution < -0.4 is 0 Å². The van der Waals surface area contributed by atoms with Crippen molar-refractivity contribution < 1.29 is 44.1 Å². The number of rotatable bonds is 4. The molecule has 0 saturated carbocycles. The molecular formula is C7H10NO8+. The molecule has 90 valence electrons. The van der Waals surface area contributed by atoms with Gasteiger partial charge in [0.2, 0.25) is 6.04 Å². The fourth-order valence-corrected chi connectivity index (χ4v) is 1.00. The molecule has 0 heterocycles. The molecule has 9 nitrogen and oxygen atoms in total. The Morgan fingerprint density at radius 1 is 1.00 bits per heavy atom. The van der Waals surface area contributed by atoms with Gasteiger partial charge < -0.3 is 20.4 Å². The summed E-state index contributed by atoms with van der Waals surface area (Å²) in [6.45, 7) is 0. The van der Waals surface area contributed by atoms with E-state index in [1.165, 1.54) is 0 Å². The summed E-state index contributed by atoms with van der Waals surface area (Å²) < 4.78 is -1.94. The third kappa shape index (κ3) is 2.45. The Bertz CT molecular complexity index is 334. The first-order valence-corrected chi connectivity index (χ1v) is 3.91. The van der Waals surface area contributed by atoms with Gasteiger partial charge in [-0.3, -0.25) is 4.79 Å². The van der Waals surface area contributed by atoms with Gasteiger partial charge in [0.1, 0.15) is 6.42 Å². The molecule has 0 spiro atoms. The maximum atomic E-state index is 10.7. The number of quaternary nitrogens is 1. The topological polar surface area (TPSA) is 149 Å². The minimum Gasteiger partial charge on any atom is -0.481 e. The van der Waals surface area contributed by atoms with Gasteiger partial charge in [0.25, 0.3) is 0 Å². The number of aliphatic carboxylic acids is 2.